The Bertz CT molecular complexity index is 630. The Morgan fingerprint density at radius 1 is 1.17 bits per heavy atom. The zero-order valence-electron chi connectivity index (χ0n) is 13.0. The SMILES string of the molecule is N#CCN1C(=O)NC2(CCN(CCc3ccccc3)CC2)C1=O. The van der Waals surface area contributed by atoms with Crippen LogP contribution in [0.25, 0.3) is 0 Å². The van der Waals surface area contributed by atoms with Crippen LogP contribution in [-0.2, 0) is 11.2 Å². The van der Waals surface area contributed by atoms with Gasteiger partial charge in [0.05, 0.1) is 6.07 Å². The number of carbonyl (C=O) groups is 2. The molecule has 2 fully saturated rings. The number of carbonyl (C=O) groups excluding carboxylic acids is 2. The van der Waals surface area contributed by atoms with Crippen molar-refractivity contribution in [2.24, 2.45) is 0 Å². The first-order valence-corrected chi connectivity index (χ1v) is 7.92. The Morgan fingerprint density at radius 3 is 2.52 bits per heavy atom. The fourth-order valence-electron chi connectivity index (χ4n) is 3.32. The van der Waals surface area contributed by atoms with Gasteiger partial charge < -0.3 is 10.2 Å². The van der Waals surface area contributed by atoms with Gasteiger partial charge in [-0.2, -0.15) is 5.26 Å². The maximum absolute atomic E-state index is 12.4. The third kappa shape index (κ3) is 3.06. The highest BCUT2D eigenvalue weighted by Gasteiger charge is 2.52. The van der Waals surface area contributed by atoms with E-state index in [4.69, 9.17) is 5.26 Å². The molecule has 3 amide bonds. The minimum absolute atomic E-state index is 0.176. The van der Waals surface area contributed by atoms with Gasteiger partial charge in [-0.25, -0.2) is 9.69 Å². The molecule has 23 heavy (non-hydrogen) atoms. The van der Waals surface area contributed by atoms with E-state index in [1.807, 2.05) is 24.3 Å². The molecule has 0 atom stereocenters. The van der Waals surface area contributed by atoms with Crippen LogP contribution in [0.15, 0.2) is 30.3 Å². The lowest BCUT2D eigenvalue weighted by molar-refractivity contribution is -0.132. The van der Waals surface area contributed by atoms with E-state index in [1.54, 1.807) is 0 Å². The molecule has 2 saturated heterocycles. The van der Waals surface area contributed by atoms with E-state index in [0.29, 0.717) is 12.8 Å². The number of hydrogen-bond acceptors (Lipinski definition) is 4. The molecule has 0 aromatic heterocycles. The average Bonchev–Trinajstić information content (AvgIpc) is 2.80. The van der Waals surface area contributed by atoms with Crippen LogP contribution >= 0.6 is 0 Å². The summed E-state index contributed by atoms with van der Waals surface area (Å²) in [4.78, 5) is 27.7. The summed E-state index contributed by atoms with van der Waals surface area (Å²) in [6.45, 7) is 2.33. The third-order valence-corrected chi connectivity index (χ3v) is 4.74. The van der Waals surface area contributed by atoms with Crippen molar-refractivity contribution in [1.29, 1.82) is 5.26 Å². The van der Waals surface area contributed by atoms with Crippen molar-refractivity contribution < 1.29 is 9.59 Å². The standard InChI is InChI=1S/C17H20N4O2/c18-9-13-21-15(22)17(19-16(21)23)7-11-20(12-8-17)10-6-14-4-2-1-3-5-14/h1-5H,6-8,10-13H2,(H,19,23). The van der Waals surface area contributed by atoms with Gasteiger partial charge in [0.25, 0.3) is 5.91 Å². The van der Waals surface area contributed by atoms with E-state index >= 15 is 0 Å². The number of amides is 3. The first-order chi connectivity index (χ1) is 11.1. The topological polar surface area (TPSA) is 76.4 Å². The third-order valence-electron chi connectivity index (χ3n) is 4.74. The molecule has 1 N–H and O–H groups in total. The first kappa shape index (κ1) is 15.5. The largest absolute Gasteiger partial charge is 0.325 e. The van der Waals surface area contributed by atoms with Crippen LogP contribution in [0.4, 0.5) is 4.79 Å². The van der Waals surface area contributed by atoms with Crippen molar-refractivity contribution >= 4 is 11.9 Å². The molecule has 0 radical (unpaired) electrons. The van der Waals surface area contributed by atoms with Gasteiger partial charge in [-0.15, -0.1) is 0 Å². The summed E-state index contributed by atoms with van der Waals surface area (Å²) in [7, 11) is 0. The number of urea groups is 1. The zero-order valence-corrected chi connectivity index (χ0v) is 13.0. The first-order valence-electron chi connectivity index (χ1n) is 7.92. The van der Waals surface area contributed by atoms with Crippen LogP contribution < -0.4 is 5.32 Å². The van der Waals surface area contributed by atoms with Crippen molar-refractivity contribution in [3.63, 3.8) is 0 Å². The Kier molecular flexibility index (Phi) is 4.30. The second kappa shape index (κ2) is 6.39. The molecule has 1 spiro atoms. The monoisotopic (exact) mass is 312 g/mol. The molecule has 0 aliphatic carbocycles. The second-order valence-corrected chi connectivity index (χ2v) is 6.14. The Hall–Kier alpha value is -2.39. The van der Waals surface area contributed by atoms with Crippen molar-refractivity contribution in [3.8, 4) is 6.07 Å². The van der Waals surface area contributed by atoms with Crippen molar-refractivity contribution in [2.75, 3.05) is 26.2 Å². The molecule has 1 aromatic rings. The molecule has 120 valence electrons. The minimum atomic E-state index is -0.794. The number of hydrogen-bond donors (Lipinski definition) is 1. The normalized spacial score (nSPS) is 20.6. The maximum Gasteiger partial charge on any atom is 0.325 e. The maximum atomic E-state index is 12.4. The quantitative estimate of drug-likeness (QED) is 0.668. The molecule has 6 nitrogen and oxygen atoms in total. The fourth-order valence-corrected chi connectivity index (χ4v) is 3.32. The average molecular weight is 312 g/mol. The molecular formula is C17H20N4O2. The molecule has 6 heteroatoms. The fraction of sp³-hybridized carbons (Fsp3) is 0.471. The van der Waals surface area contributed by atoms with Crippen molar-refractivity contribution in [3.05, 3.63) is 35.9 Å². The number of benzene rings is 1. The van der Waals surface area contributed by atoms with Crippen molar-refractivity contribution in [2.45, 2.75) is 24.8 Å². The molecule has 1 aromatic carbocycles. The molecule has 0 bridgehead atoms. The highest BCUT2D eigenvalue weighted by atomic mass is 16.2. The van der Waals surface area contributed by atoms with Gasteiger partial charge in [0, 0.05) is 19.6 Å². The molecule has 2 aliphatic heterocycles. The van der Waals surface area contributed by atoms with Gasteiger partial charge in [-0.05, 0) is 24.8 Å². The van der Waals surface area contributed by atoms with E-state index in [0.717, 1.165) is 31.0 Å². The number of nitrogens with one attached hydrogen (secondary N) is 1. The summed E-state index contributed by atoms with van der Waals surface area (Å²) in [5, 5.41) is 11.5. The summed E-state index contributed by atoms with van der Waals surface area (Å²) in [5.41, 5.74) is 0.509. The van der Waals surface area contributed by atoms with Gasteiger partial charge in [0.15, 0.2) is 0 Å². The summed E-state index contributed by atoms with van der Waals surface area (Å²) < 4.78 is 0. The lowest BCUT2D eigenvalue weighted by Crippen LogP contribution is -2.55. The number of likely N-dealkylation sites (tertiary alicyclic amines) is 1. The Labute approximate surface area is 135 Å². The molecule has 0 unspecified atom stereocenters. The van der Waals surface area contributed by atoms with Crippen LogP contribution in [0.5, 0.6) is 0 Å². The van der Waals surface area contributed by atoms with E-state index < -0.39 is 11.6 Å². The molecular weight excluding hydrogens is 292 g/mol. The van der Waals surface area contributed by atoms with E-state index in [1.165, 1.54) is 5.56 Å². The molecule has 2 heterocycles. The summed E-state index contributed by atoms with van der Waals surface area (Å²) >= 11 is 0. The lowest BCUT2D eigenvalue weighted by atomic mass is 9.87. The van der Waals surface area contributed by atoms with Gasteiger partial charge in [0.1, 0.15) is 12.1 Å². The highest BCUT2D eigenvalue weighted by molar-refractivity contribution is 6.07. The summed E-state index contributed by atoms with van der Waals surface area (Å²) in [5.74, 6) is -0.244. The van der Waals surface area contributed by atoms with Crippen LogP contribution in [0.2, 0.25) is 0 Å². The van der Waals surface area contributed by atoms with E-state index in [-0.39, 0.29) is 12.5 Å². The number of nitrogens with zero attached hydrogens (tertiary/aromatic N) is 3. The minimum Gasteiger partial charge on any atom is -0.323 e. The predicted molar refractivity (Wildman–Crippen MR) is 84.4 cm³/mol. The van der Waals surface area contributed by atoms with Gasteiger partial charge in [-0.1, -0.05) is 30.3 Å². The van der Waals surface area contributed by atoms with Gasteiger partial charge >= 0.3 is 6.03 Å². The second-order valence-electron chi connectivity index (χ2n) is 6.14. The Balaban J connectivity index is 1.55. The predicted octanol–water partition coefficient (Wildman–Crippen LogP) is 1.14. The van der Waals surface area contributed by atoms with Crippen LogP contribution in [0.1, 0.15) is 18.4 Å². The number of rotatable bonds is 4. The van der Waals surface area contributed by atoms with Crippen molar-refractivity contribution in [1.82, 2.24) is 15.1 Å². The molecule has 3 rings (SSSR count). The van der Waals surface area contributed by atoms with Gasteiger partial charge in [0.2, 0.25) is 0 Å². The zero-order chi connectivity index (χ0) is 16.3. The molecule has 2 aliphatic rings. The number of piperidine rings is 1. The van der Waals surface area contributed by atoms with E-state index in [9.17, 15) is 9.59 Å². The number of nitriles is 1. The summed E-state index contributed by atoms with van der Waals surface area (Å²) in [6, 6.07) is 11.8. The van der Waals surface area contributed by atoms with E-state index in [2.05, 4.69) is 22.3 Å². The van der Waals surface area contributed by atoms with Crippen LogP contribution in [0, 0.1) is 11.3 Å². The lowest BCUT2D eigenvalue weighted by Gasteiger charge is -2.37. The summed E-state index contributed by atoms with van der Waals surface area (Å²) in [6.07, 6.45) is 2.19. The Morgan fingerprint density at radius 2 is 1.87 bits per heavy atom. The van der Waals surface area contributed by atoms with Crippen LogP contribution in [0.3, 0.4) is 0 Å². The van der Waals surface area contributed by atoms with Crippen LogP contribution in [-0.4, -0.2) is 53.5 Å². The highest BCUT2D eigenvalue weighted by Crippen LogP contribution is 2.29. The molecule has 0 saturated carbocycles. The number of imide groups is 1. The van der Waals surface area contributed by atoms with Gasteiger partial charge in [-0.3, -0.25) is 4.79 Å². The smallest absolute Gasteiger partial charge is 0.323 e.